The van der Waals surface area contributed by atoms with Gasteiger partial charge in [0.05, 0.1) is 140 Å². The van der Waals surface area contributed by atoms with Gasteiger partial charge in [0.25, 0.3) is 0 Å². The standard InChI is InChI=1S/C64H96O17/c1-34-21-44-48(26-50-52(75-44)28-56(68)63(5)59(79-50)31-61(3)32-60(2)18-19-64(69,33-65)30-35(60)13-16-57(61)81-63)77-53-29-58-62(4,80-54(53)22-34)55(67)27-51-40(78-58)10-7-6-9-37-38(73-51)11-8-12-39-41(71-37)14-15-42-46(72-39)25-49-47(74-42)24-43-45(76-49)23-36(66)17-20-70-43/h6-8,11,14-15,34-59,65-69H,9-10,12-13,16-33H2,1-5H3/b7-6-,11-8-/t34-,35-,36+,37-,38+,39-,40+,41+,42-,43-,44+,45+,46+,47+,48-,49-,50+,51-,52-,53+,54-,55-,56+,57-,58-,59-,60+,61-,62+,63+,64-/m1/s1. The molecule has 0 aromatic heterocycles. The van der Waals surface area contributed by atoms with Gasteiger partial charge in [0, 0.05) is 51.6 Å². The van der Waals surface area contributed by atoms with Gasteiger partial charge in [-0.05, 0) is 120 Å². The van der Waals surface area contributed by atoms with Gasteiger partial charge >= 0.3 is 0 Å². The van der Waals surface area contributed by atoms with Crippen molar-refractivity contribution in [1.29, 1.82) is 0 Å². The van der Waals surface area contributed by atoms with Crippen LogP contribution in [0.1, 0.15) is 163 Å². The topological polar surface area (TPSA) is 212 Å². The summed E-state index contributed by atoms with van der Waals surface area (Å²) in [4.78, 5) is 0. The molecule has 0 bridgehead atoms. The third-order valence-electron chi connectivity index (χ3n) is 23.5. The molecule has 2 saturated carbocycles. The third-order valence-corrected chi connectivity index (χ3v) is 23.5. The first-order valence-electron chi connectivity index (χ1n) is 32.1. The van der Waals surface area contributed by atoms with E-state index in [4.69, 9.17) is 56.8 Å². The Labute approximate surface area is 479 Å². The van der Waals surface area contributed by atoms with Crippen LogP contribution in [0.5, 0.6) is 0 Å². The van der Waals surface area contributed by atoms with Crippen molar-refractivity contribution in [3.8, 4) is 0 Å². The van der Waals surface area contributed by atoms with Gasteiger partial charge in [-0.3, -0.25) is 0 Å². The molecule has 12 aliphatic heterocycles. The van der Waals surface area contributed by atoms with E-state index in [0.29, 0.717) is 83.7 Å². The molecule has 11 fully saturated rings. The molecular weight excluding hydrogens is 1040 g/mol. The fourth-order valence-corrected chi connectivity index (χ4v) is 18.6. The molecule has 17 heteroatoms. The van der Waals surface area contributed by atoms with E-state index in [-0.39, 0.29) is 139 Å². The Balaban J connectivity index is 0.649. The Kier molecular flexibility index (Phi) is 15.6. The second-order valence-electron chi connectivity index (χ2n) is 29.4. The lowest BCUT2D eigenvalue weighted by Crippen LogP contribution is -2.63. The van der Waals surface area contributed by atoms with E-state index in [2.05, 4.69) is 57.2 Å². The first-order valence-corrected chi connectivity index (χ1v) is 32.1. The summed E-state index contributed by atoms with van der Waals surface area (Å²) in [6.07, 6.45) is 18.6. The van der Waals surface area contributed by atoms with E-state index in [1.807, 2.05) is 13.8 Å². The molecular formula is C64H96O17. The summed E-state index contributed by atoms with van der Waals surface area (Å²) >= 11 is 0. The monoisotopic (exact) mass is 1140 g/mol. The molecule has 14 rings (SSSR count). The summed E-state index contributed by atoms with van der Waals surface area (Å²) in [5.41, 5.74) is -3.16. The molecule has 0 radical (unpaired) electrons. The number of aliphatic hydroxyl groups is 5. The lowest BCUT2D eigenvalue weighted by molar-refractivity contribution is -0.302. The first kappa shape index (κ1) is 57.3. The van der Waals surface area contributed by atoms with E-state index < -0.39 is 53.4 Å². The number of rotatable bonds is 1. The zero-order valence-corrected chi connectivity index (χ0v) is 48.7. The molecule has 0 spiro atoms. The molecule has 81 heavy (non-hydrogen) atoms. The van der Waals surface area contributed by atoms with Gasteiger partial charge in [-0.15, -0.1) is 0 Å². The van der Waals surface area contributed by atoms with Crippen LogP contribution in [0.25, 0.3) is 0 Å². The molecule has 0 unspecified atom stereocenters. The minimum absolute atomic E-state index is 0.00204. The second-order valence-corrected chi connectivity index (χ2v) is 29.4. The normalized spacial score (nSPS) is 58.8. The molecule has 0 amide bonds. The van der Waals surface area contributed by atoms with Gasteiger partial charge in [0.2, 0.25) is 0 Å². The van der Waals surface area contributed by atoms with Crippen molar-refractivity contribution in [2.24, 2.45) is 22.7 Å². The van der Waals surface area contributed by atoms with Crippen molar-refractivity contribution >= 4 is 0 Å². The molecule has 9 saturated heterocycles. The average Bonchev–Trinajstić information content (AvgIpc) is 3.83. The van der Waals surface area contributed by atoms with Crippen molar-refractivity contribution in [3.05, 3.63) is 36.5 Å². The van der Waals surface area contributed by atoms with Crippen molar-refractivity contribution in [2.75, 3.05) is 13.2 Å². The van der Waals surface area contributed by atoms with E-state index in [1.54, 1.807) is 0 Å². The third kappa shape index (κ3) is 10.7. The van der Waals surface area contributed by atoms with Crippen LogP contribution in [0.15, 0.2) is 36.5 Å². The Morgan fingerprint density at radius 3 is 1.75 bits per heavy atom. The summed E-state index contributed by atoms with van der Waals surface area (Å²) < 4.78 is 84.0. The summed E-state index contributed by atoms with van der Waals surface area (Å²) in [7, 11) is 0. The number of aliphatic hydroxyl groups excluding tert-OH is 4. The van der Waals surface area contributed by atoms with Crippen molar-refractivity contribution in [2.45, 2.75) is 326 Å². The Hall–Kier alpha value is -1.46. The maximum atomic E-state index is 12.5. The molecule has 0 aromatic rings. The van der Waals surface area contributed by atoms with E-state index in [1.165, 1.54) is 0 Å². The van der Waals surface area contributed by atoms with Crippen molar-refractivity contribution in [1.82, 2.24) is 0 Å². The highest BCUT2D eigenvalue weighted by atomic mass is 16.6. The summed E-state index contributed by atoms with van der Waals surface area (Å²) in [5, 5.41) is 56.6. The number of hydrogen-bond acceptors (Lipinski definition) is 17. The highest BCUT2D eigenvalue weighted by Gasteiger charge is 2.64. The fourth-order valence-electron chi connectivity index (χ4n) is 18.6. The largest absolute Gasteiger partial charge is 0.393 e. The highest BCUT2D eigenvalue weighted by molar-refractivity contribution is 5.15. The molecule has 17 nitrogen and oxygen atoms in total. The van der Waals surface area contributed by atoms with Gasteiger partial charge in [0.1, 0.15) is 29.5 Å². The predicted molar refractivity (Wildman–Crippen MR) is 293 cm³/mol. The van der Waals surface area contributed by atoms with E-state index in [0.717, 1.165) is 51.4 Å². The fraction of sp³-hybridized carbons (Fsp3) is 0.906. The lowest BCUT2D eigenvalue weighted by atomic mass is 9.57. The number of hydrogen-bond donors (Lipinski definition) is 5. The van der Waals surface area contributed by atoms with Crippen molar-refractivity contribution in [3.63, 3.8) is 0 Å². The number of fused-ring (bicyclic) bond motifs is 13. The summed E-state index contributed by atoms with van der Waals surface area (Å²) in [6.45, 7) is 11.4. The molecule has 31 atom stereocenters. The summed E-state index contributed by atoms with van der Waals surface area (Å²) in [6, 6.07) is 0. The molecule has 2 aliphatic carbocycles. The SMILES string of the molecule is C[C@@H]1C[C@@H]2O[C@@H]3C[C@H](O)[C@]4(C)O[C@@H]5CC[C@@H]6C[C@@](O)(CO)CC[C@@]6(C)C[C@@]5(C)C[C@H]4O[C@H]3C[C@H]2O[C@H]2C[C@H]3O[C@H]4C/C=C\C[C@H]5O[C@H]6C=C[C@H]7O[C@H]8C[C@H]9OCC[C@H](O)C[C@@H]9O[C@@H]8C[C@@H]7O[C@@H]6C/C=C\[C@@H]5O[C@@H]4C[C@@H](O)[C@]3(C)O[C@@H]2C1. The summed E-state index contributed by atoms with van der Waals surface area (Å²) in [5.74, 6) is 0.512. The van der Waals surface area contributed by atoms with Gasteiger partial charge in [0.15, 0.2) is 0 Å². The van der Waals surface area contributed by atoms with Crippen molar-refractivity contribution < 1.29 is 82.4 Å². The van der Waals surface area contributed by atoms with Crippen LogP contribution in [-0.2, 0) is 56.8 Å². The minimum atomic E-state index is -1.03. The molecule has 14 aliphatic rings. The first-order chi connectivity index (χ1) is 38.8. The molecule has 454 valence electrons. The maximum Gasteiger partial charge on any atom is 0.118 e. The zero-order chi connectivity index (χ0) is 55.8. The van der Waals surface area contributed by atoms with Gasteiger partial charge in [-0.25, -0.2) is 0 Å². The number of ether oxygens (including phenoxy) is 12. The lowest BCUT2D eigenvalue weighted by Gasteiger charge is -2.56. The highest BCUT2D eigenvalue weighted by Crippen LogP contribution is 2.61. The van der Waals surface area contributed by atoms with Gasteiger partial charge in [-0.2, -0.15) is 0 Å². The van der Waals surface area contributed by atoms with Crippen LogP contribution in [0.2, 0.25) is 0 Å². The van der Waals surface area contributed by atoms with Crippen LogP contribution >= 0.6 is 0 Å². The molecule has 12 heterocycles. The van der Waals surface area contributed by atoms with E-state index in [9.17, 15) is 25.5 Å². The average molecular weight is 1140 g/mol. The Morgan fingerprint density at radius 1 is 0.444 bits per heavy atom. The smallest absolute Gasteiger partial charge is 0.118 e. The predicted octanol–water partition coefficient (Wildman–Crippen LogP) is 6.18. The molecule has 0 aromatic carbocycles. The zero-order valence-electron chi connectivity index (χ0n) is 48.7. The second kappa shape index (κ2) is 22.0. The van der Waals surface area contributed by atoms with Crippen LogP contribution in [0.3, 0.4) is 0 Å². The maximum absolute atomic E-state index is 12.5. The van der Waals surface area contributed by atoms with Crippen LogP contribution in [-0.4, -0.2) is 202 Å². The van der Waals surface area contributed by atoms with Gasteiger partial charge in [-0.1, -0.05) is 57.2 Å². The van der Waals surface area contributed by atoms with Crippen LogP contribution in [0.4, 0.5) is 0 Å². The van der Waals surface area contributed by atoms with Crippen LogP contribution < -0.4 is 0 Å². The van der Waals surface area contributed by atoms with E-state index >= 15 is 0 Å². The Morgan fingerprint density at radius 2 is 0.988 bits per heavy atom. The minimum Gasteiger partial charge on any atom is -0.393 e. The Bertz CT molecular complexity index is 2340. The molecule has 5 N–H and O–H groups in total. The quantitative estimate of drug-likeness (QED) is 0.186. The van der Waals surface area contributed by atoms with Gasteiger partial charge < -0.3 is 82.4 Å². The van der Waals surface area contributed by atoms with Crippen LogP contribution in [0, 0.1) is 22.7 Å².